The number of rotatable bonds is 3. The highest BCUT2D eigenvalue weighted by Gasteiger charge is 2.21. The molecule has 0 bridgehead atoms. The highest BCUT2D eigenvalue weighted by Crippen LogP contribution is 2.28. The standard InChI is InChI=1S/C13H12N2O3/c16-8-11-10(6-7-17-11)12-14-13(18-15-12)9-4-2-1-3-5-9/h1-5,16H,6-8H2. The Morgan fingerprint density at radius 3 is 2.83 bits per heavy atom. The number of ether oxygens (including phenoxy) is 1. The van der Waals surface area contributed by atoms with Crippen LogP contribution in [0.4, 0.5) is 0 Å². The number of benzene rings is 1. The van der Waals surface area contributed by atoms with Gasteiger partial charge >= 0.3 is 0 Å². The second kappa shape index (κ2) is 4.62. The molecule has 0 fully saturated rings. The van der Waals surface area contributed by atoms with Crippen molar-refractivity contribution in [3.8, 4) is 11.5 Å². The molecule has 2 heterocycles. The Morgan fingerprint density at radius 2 is 2.06 bits per heavy atom. The van der Waals surface area contributed by atoms with Crippen LogP contribution in [0.2, 0.25) is 0 Å². The number of hydrogen-bond acceptors (Lipinski definition) is 5. The fourth-order valence-corrected chi connectivity index (χ4v) is 1.92. The summed E-state index contributed by atoms with van der Waals surface area (Å²) in [6.45, 7) is 0.422. The van der Waals surface area contributed by atoms with Gasteiger partial charge in [0.1, 0.15) is 12.4 Å². The maximum atomic E-state index is 9.15. The van der Waals surface area contributed by atoms with Gasteiger partial charge in [-0.25, -0.2) is 0 Å². The minimum Gasteiger partial charge on any atom is -0.495 e. The van der Waals surface area contributed by atoms with E-state index < -0.39 is 0 Å². The van der Waals surface area contributed by atoms with Gasteiger partial charge in [0.25, 0.3) is 5.89 Å². The van der Waals surface area contributed by atoms with Crippen molar-refractivity contribution in [1.29, 1.82) is 0 Å². The highest BCUT2D eigenvalue weighted by molar-refractivity contribution is 5.65. The number of aliphatic hydroxyl groups excluding tert-OH is 1. The molecule has 92 valence electrons. The zero-order valence-corrected chi connectivity index (χ0v) is 9.67. The summed E-state index contributed by atoms with van der Waals surface area (Å²) in [5.74, 6) is 1.51. The highest BCUT2D eigenvalue weighted by atomic mass is 16.5. The third kappa shape index (κ3) is 1.89. The summed E-state index contributed by atoms with van der Waals surface area (Å²) < 4.78 is 10.5. The van der Waals surface area contributed by atoms with Gasteiger partial charge in [0.15, 0.2) is 0 Å². The molecular weight excluding hydrogens is 232 g/mol. The van der Waals surface area contributed by atoms with E-state index in [1.165, 1.54) is 0 Å². The van der Waals surface area contributed by atoms with Crippen molar-refractivity contribution in [1.82, 2.24) is 10.1 Å². The predicted molar refractivity (Wildman–Crippen MR) is 64.3 cm³/mol. The second-order valence-corrected chi connectivity index (χ2v) is 3.95. The van der Waals surface area contributed by atoms with Crippen LogP contribution in [-0.2, 0) is 4.74 Å². The minimum absolute atomic E-state index is 0.134. The minimum atomic E-state index is -0.134. The number of aliphatic hydroxyl groups is 1. The molecule has 0 atom stereocenters. The summed E-state index contributed by atoms with van der Waals surface area (Å²) in [7, 11) is 0. The van der Waals surface area contributed by atoms with E-state index in [1.807, 2.05) is 30.3 Å². The van der Waals surface area contributed by atoms with E-state index in [4.69, 9.17) is 14.4 Å². The molecule has 0 spiro atoms. The van der Waals surface area contributed by atoms with Crippen LogP contribution in [-0.4, -0.2) is 28.5 Å². The van der Waals surface area contributed by atoms with E-state index in [1.54, 1.807) is 0 Å². The molecule has 0 unspecified atom stereocenters. The van der Waals surface area contributed by atoms with Crippen molar-refractivity contribution in [2.24, 2.45) is 0 Å². The van der Waals surface area contributed by atoms with Crippen LogP contribution in [0.3, 0.4) is 0 Å². The van der Waals surface area contributed by atoms with E-state index in [2.05, 4.69) is 10.1 Å². The van der Waals surface area contributed by atoms with Gasteiger partial charge in [0, 0.05) is 17.6 Å². The summed E-state index contributed by atoms with van der Waals surface area (Å²) in [6, 6.07) is 9.57. The zero-order chi connectivity index (χ0) is 12.4. The van der Waals surface area contributed by atoms with Crippen molar-refractivity contribution >= 4 is 5.57 Å². The Kier molecular flexibility index (Phi) is 2.82. The maximum Gasteiger partial charge on any atom is 0.258 e. The number of nitrogens with zero attached hydrogens (tertiary/aromatic N) is 2. The van der Waals surface area contributed by atoms with Gasteiger partial charge in [0.2, 0.25) is 5.82 Å². The van der Waals surface area contributed by atoms with Crippen LogP contribution in [0.15, 0.2) is 40.6 Å². The van der Waals surface area contributed by atoms with Crippen LogP contribution >= 0.6 is 0 Å². The molecule has 1 aromatic carbocycles. The lowest BCUT2D eigenvalue weighted by molar-refractivity contribution is 0.185. The fourth-order valence-electron chi connectivity index (χ4n) is 1.92. The van der Waals surface area contributed by atoms with Crippen molar-refractivity contribution in [3.05, 3.63) is 41.9 Å². The Hall–Kier alpha value is -2.14. The van der Waals surface area contributed by atoms with E-state index in [0.29, 0.717) is 30.5 Å². The Labute approximate surface area is 104 Å². The lowest BCUT2D eigenvalue weighted by Gasteiger charge is -1.98. The second-order valence-electron chi connectivity index (χ2n) is 3.95. The van der Waals surface area contributed by atoms with Crippen LogP contribution in [0.5, 0.6) is 0 Å². The molecule has 0 amide bonds. The molecule has 1 N–H and O–H groups in total. The maximum absolute atomic E-state index is 9.15. The van der Waals surface area contributed by atoms with Crippen molar-refractivity contribution in [3.63, 3.8) is 0 Å². The van der Waals surface area contributed by atoms with Crippen molar-refractivity contribution < 1.29 is 14.4 Å². The number of aromatic nitrogens is 2. The van der Waals surface area contributed by atoms with Gasteiger partial charge in [-0.1, -0.05) is 23.4 Å². The van der Waals surface area contributed by atoms with E-state index in [9.17, 15) is 0 Å². The lowest BCUT2D eigenvalue weighted by Crippen LogP contribution is -1.93. The Bertz CT molecular complexity index is 575. The molecule has 5 nitrogen and oxygen atoms in total. The molecule has 2 aromatic rings. The summed E-state index contributed by atoms with van der Waals surface area (Å²) in [6.07, 6.45) is 0.698. The van der Waals surface area contributed by atoms with Gasteiger partial charge in [-0.2, -0.15) is 4.98 Å². The smallest absolute Gasteiger partial charge is 0.258 e. The SMILES string of the molecule is OCC1=C(c2noc(-c3ccccc3)n2)CCO1. The summed E-state index contributed by atoms with van der Waals surface area (Å²) >= 11 is 0. The van der Waals surface area contributed by atoms with Crippen molar-refractivity contribution in [2.45, 2.75) is 6.42 Å². The lowest BCUT2D eigenvalue weighted by atomic mass is 10.2. The zero-order valence-electron chi connectivity index (χ0n) is 9.67. The molecule has 0 aliphatic carbocycles. The third-order valence-electron chi connectivity index (χ3n) is 2.83. The molecule has 1 aliphatic rings. The van der Waals surface area contributed by atoms with E-state index >= 15 is 0 Å². The van der Waals surface area contributed by atoms with Gasteiger partial charge < -0.3 is 14.4 Å². The van der Waals surface area contributed by atoms with E-state index in [-0.39, 0.29) is 6.61 Å². The monoisotopic (exact) mass is 244 g/mol. The molecule has 0 saturated carbocycles. The van der Waals surface area contributed by atoms with Gasteiger partial charge in [0.05, 0.1) is 6.61 Å². The van der Waals surface area contributed by atoms with E-state index in [0.717, 1.165) is 11.1 Å². The largest absolute Gasteiger partial charge is 0.495 e. The van der Waals surface area contributed by atoms with Gasteiger partial charge in [-0.05, 0) is 12.1 Å². The molecule has 18 heavy (non-hydrogen) atoms. The molecular formula is C13H12N2O3. The summed E-state index contributed by atoms with van der Waals surface area (Å²) in [5, 5.41) is 13.1. The van der Waals surface area contributed by atoms with Crippen LogP contribution in [0.1, 0.15) is 12.2 Å². The van der Waals surface area contributed by atoms with Crippen LogP contribution < -0.4 is 0 Å². The molecule has 1 aliphatic heterocycles. The molecule has 0 saturated heterocycles. The quantitative estimate of drug-likeness (QED) is 0.892. The molecule has 0 radical (unpaired) electrons. The average molecular weight is 244 g/mol. The Balaban J connectivity index is 1.95. The third-order valence-corrected chi connectivity index (χ3v) is 2.83. The normalized spacial score (nSPS) is 14.9. The molecule has 5 heteroatoms. The number of hydrogen-bond donors (Lipinski definition) is 1. The first kappa shape index (κ1) is 11.0. The first-order valence-electron chi connectivity index (χ1n) is 5.73. The summed E-state index contributed by atoms with van der Waals surface area (Å²) in [5.41, 5.74) is 1.70. The summed E-state index contributed by atoms with van der Waals surface area (Å²) in [4.78, 5) is 4.33. The topological polar surface area (TPSA) is 68.4 Å². The van der Waals surface area contributed by atoms with Crippen molar-refractivity contribution in [2.75, 3.05) is 13.2 Å². The fraction of sp³-hybridized carbons (Fsp3) is 0.231. The van der Waals surface area contributed by atoms with Gasteiger partial charge in [-0.15, -0.1) is 0 Å². The predicted octanol–water partition coefficient (Wildman–Crippen LogP) is 1.86. The first-order valence-corrected chi connectivity index (χ1v) is 5.73. The molecule has 1 aromatic heterocycles. The van der Waals surface area contributed by atoms with Crippen LogP contribution in [0, 0.1) is 0 Å². The van der Waals surface area contributed by atoms with Crippen LogP contribution in [0.25, 0.3) is 17.0 Å². The molecule has 3 rings (SSSR count). The average Bonchev–Trinajstić information content (AvgIpc) is 3.08. The Morgan fingerprint density at radius 1 is 1.22 bits per heavy atom. The first-order chi connectivity index (χ1) is 8.88. The van der Waals surface area contributed by atoms with Gasteiger partial charge in [-0.3, -0.25) is 0 Å².